The normalized spacial score (nSPS) is 10.7. The molecule has 0 saturated heterocycles. The van der Waals surface area contributed by atoms with E-state index in [0.717, 1.165) is 5.69 Å². The molecular weight excluding hydrogens is 256 g/mol. The summed E-state index contributed by atoms with van der Waals surface area (Å²) >= 11 is 0. The zero-order chi connectivity index (χ0) is 15.1. The second-order valence-electron chi connectivity index (χ2n) is 5.08. The highest BCUT2D eigenvalue weighted by Crippen LogP contribution is 2.18. The Kier molecular flexibility index (Phi) is 6.18. The van der Waals surface area contributed by atoms with Gasteiger partial charge in [0.1, 0.15) is 0 Å². The number of carbonyl (C=O) groups excluding carboxylic acids is 2. The minimum Gasteiger partial charge on any atom is -0.468 e. The van der Waals surface area contributed by atoms with Crippen molar-refractivity contribution in [1.82, 2.24) is 4.90 Å². The number of nitrogens with one attached hydrogen (secondary N) is 1. The number of anilines is 1. The third kappa shape index (κ3) is 5.40. The lowest BCUT2D eigenvalue weighted by Crippen LogP contribution is -2.34. The van der Waals surface area contributed by atoms with Crippen LogP contribution in [-0.2, 0) is 14.3 Å². The number of carbonyl (C=O) groups is 2. The standard InChI is InChI=1S/C15H22N2O3/c1-11(2)12-6-5-7-13(8-12)16-14(18)9-17(3)10-15(19)20-4/h5-8,11H,9-10H2,1-4H3,(H,16,18). The van der Waals surface area contributed by atoms with Gasteiger partial charge in [0.15, 0.2) is 0 Å². The summed E-state index contributed by atoms with van der Waals surface area (Å²) in [5.41, 5.74) is 1.94. The average molecular weight is 278 g/mol. The van der Waals surface area contributed by atoms with Gasteiger partial charge in [0, 0.05) is 5.69 Å². The number of methoxy groups -OCH3 is 1. The first-order valence-corrected chi connectivity index (χ1v) is 6.57. The molecule has 1 rings (SSSR count). The summed E-state index contributed by atoms with van der Waals surface area (Å²) in [5, 5.41) is 2.83. The van der Waals surface area contributed by atoms with Gasteiger partial charge in [-0.05, 0) is 30.7 Å². The van der Waals surface area contributed by atoms with E-state index in [0.29, 0.717) is 5.92 Å². The van der Waals surface area contributed by atoms with Crippen LogP contribution in [0, 0.1) is 0 Å². The number of amides is 1. The Bertz CT molecular complexity index is 472. The van der Waals surface area contributed by atoms with E-state index in [9.17, 15) is 9.59 Å². The van der Waals surface area contributed by atoms with Crippen LogP contribution >= 0.6 is 0 Å². The van der Waals surface area contributed by atoms with E-state index >= 15 is 0 Å². The van der Waals surface area contributed by atoms with Gasteiger partial charge < -0.3 is 10.1 Å². The van der Waals surface area contributed by atoms with E-state index in [1.807, 2.05) is 24.3 Å². The molecule has 1 aromatic carbocycles. The number of rotatable bonds is 6. The molecule has 5 heteroatoms. The van der Waals surface area contributed by atoms with Crippen molar-refractivity contribution in [2.45, 2.75) is 19.8 Å². The lowest BCUT2D eigenvalue weighted by atomic mass is 10.0. The fourth-order valence-corrected chi connectivity index (χ4v) is 1.76. The summed E-state index contributed by atoms with van der Waals surface area (Å²) in [6.07, 6.45) is 0. The maximum atomic E-state index is 11.9. The quantitative estimate of drug-likeness (QED) is 0.807. The number of likely N-dealkylation sites (N-methyl/N-ethyl adjacent to an activating group) is 1. The van der Waals surface area contributed by atoms with Crippen LogP contribution in [0.4, 0.5) is 5.69 Å². The summed E-state index contributed by atoms with van der Waals surface area (Å²) in [6.45, 7) is 4.44. The zero-order valence-corrected chi connectivity index (χ0v) is 12.5. The molecule has 0 bridgehead atoms. The molecule has 0 aromatic heterocycles. The van der Waals surface area contributed by atoms with Crippen LogP contribution in [0.5, 0.6) is 0 Å². The molecule has 5 nitrogen and oxygen atoms in total. The van der Waals surface area contributed by atoms with Crippen molar-refractivity contribution >= 4 is 17.6 Å². The molecule has 0 heterocycles. The smallest absolute Gasteiger partial charge is 0.319 e. The number of ether oxygens (including phenoxy) is 1. The molecule has 0 aliphatic rings. The molecule has 0 aliphatic carbocycles. The maximum Gasteiger partial charge on any atom is 0.319 e. The molecule has 0 unspecified atom stereocenters. The Balaban J connectivity index is 2.54. The summed E-state index contributed by atoms with van der Waals surface area (Å²) in [4.78, 5) is 24.6. The Labute approximate surface area is 119 Å². The minimum absolute atomic E-state index is 0.0932. The van der Waals surface area contributed by atoms with Crippen molar-refractivity contribution in [2.75, 3.05) is 32.6 Å². The third-order valence-corrected chi connectivity index (χ3v) is 2.88. The van der Waals surface area contributed by atoms with Crippen LogP contribution in [0.2, 0.25) is 0 Å². The van der Waals surface area contributed by atoms with E-state index in [4.69, 9.17) is 0 Å². The van der Waals surface area contributed by atoms with Crippen LogP contribution in [-0.4, -0.2) is 44.0 Å². The molecule has 0 radical (unpaired) electrons. The van der Waals surface area contributed by atoms with Gasteiger partial charge in [-0.15, -0.1) is 0 Å². The zero-order valence-electron chi connectivity index (χ0n) is 12.5. The predicted octanol–water partition coefficient (Wildman–Crippen LogP) is 1.85. The van der Waals surface area contributed by atoms with Crippen molar-refractivity contribution in [2.24, 2.45) is 0 Å². The van der Waals surface area contributed by atoms with E-state index in [1.165, 1.54) is 12.7 Å². The number of benzene rings is 1. The van der Waals surface area contributed by atoms with Crippen molar-refractivity contribution in [3.8, 4) is 0 Å². The van der Waals surface area contributed by atoms with Crippen LogP contribution in [0.25, 0.3) is 0 Å². The monoisotopic (exact) mass is 278 g/mol. The highest BCUT2D eigenvalue weighted by molar-refractivity contribution is 5.92. The van der Waals surface area contributed by atoms with E-state index in [1.54, 1.807) is 11.9 Å². The molecule has 110 valence electrons. The second-order valence-corrected chi connectivity index (χ2v) is 5.08. The fourth-order valence-electron chi connectivity index (χ4n) is 1.76. The van der Waals surface area contributed by atoms with Gasteiger partial charge >= 0.3 is 5.97 Å². The minimum atomic E-state index is -0.359. The van der Waals surface area contributed by atoms with E-state index in [2.05, 4.69) is 23.9 Å². The van der Waals surface area contributed by atoms with Gasteiger partial charge in [0.05, 0.1) is 20.2 Å². The van der Waals surface area contributed by atoms with Crippen LogP contribution < -0.4 is 5.32 Å². The molecule has 0 fully saturated rings. The number of hydrogen-bond donors (Lipinski definition) is 1. The highest BCUT2D eigenvalue weighted by atomic mass is 16.5. The van der Waals surface area contributed by atoms with E-state index < -0.39 is 0 Å². The lowest BCUT2D eigenvalue weighted by Gasteiger charge is -2.15. The summed E-state index contributed by atoms with van der Waals surface area (Å²) in [6, 6.07) is 7.76. The molecule has 1 aromatic rings. The van der Waals surface area contributed by atoms with Crippen molar-refractivity contribution in [1.29, 1.82) is 0 Å². The number of hydrogen-bond acceptors (Lipinski definition) is 4. The predicted molar refractivity (Wildman–Crippen MR) is 78.7 cm³/mol. The molecule has 20 heavy (non-hydrogen) atoms. The van der Waals surface area contributed by atoms with Crippen LogP contribution in [0.15, 0.2) is 24.3 Å². The van der Waals surface area contributed by atoms with Gasteiger partial charge in [-0.1, -0.05) is 26.0 Å². The third-order valence-electron chi connectivity index (χ3n) is 2.88. The van der Waals surface area contributed by atoms with Gasteiger partial charge in [-0.3, -0.25) is 14.5 Å². The van der Waals surface area contributed by atoms with Crippen molar-refractivity contribution in [3.05, 3.63) is 29.8 Å². The number of esters is 1. The largest absolute Gasteiger partial charge is 0.468 e. The maximum absolute atomic E-state index is 11.9. The Morgan fingerprint density at radius 1 is 1.30 bits per heavy atom. The Hall–Kier alpha value is -1.88. The van der Waals surface area contributed by atoms with Gasteiger partial charge in [-0.2, -0.15) is 0 Å². The summed E-state index contributed by atoms with van der Waals surface area (Å²) < 4.78 is 4.55. The van der Waals surface area contributed by atoms with Crippen molar-refractivity contribution in [3.63, 3.8) is 0 Å². The van der Waals surface area contributed by atoms with Crippen LogP contribution in [0.3, 0.4) is 0 Å². The Morgan fingerprint density at radius 3 is 2.60 bits per heavy atom. The lowest BCUT2D eigenvalue weighted by molar-refractivity contribution is -0.141. The number of nitrogens with zero attached hydrogens (tertiary/aromatic N) is 1. The first-order valence-electron chi connectivity index (χ1n) is 6.57. The molecule has 1 N–H and O–H groups in total. The summed E-state index contributed by atoms with van der Waals surface area (Å²) in [7, 11) is 3.02. The summed E-state index contributed by atoms with van der Waals surface area (Å²) in [5.74, 6) is -0.103. The topological polar surface area (TPSA) is 58.6 Å². The molecule has 0 aliphatic heterocycles. The molecule has 0 saturated carbocycles. The van der Waals surface area contributed by atoms with Crippen molar-refractivity contribution < 1.29 is 14.3 Å². The molecule has 1 amide bonds. The fraction of sp³-hybridized carbons (Fsp3) is 0.467. The Morgan fingerprint density at radius 2 is 2.00 bits per heavy atom. The van der Waals surface area contributed by atoms with E-state index in [-0.39, 0.29) is 25.0 Å². The first kappa shape index (κ1) is 16.2. The average Bonchev–Trinajstić information content (AvgIpc) is 2.38. The second kappa shape index (κ2) is 7.65. The SMILES string of the molecule is COC(=O)CN(C)CC(=O)Nc1cccc(C(C)C)c1. The van der Waals surface area contributed by atoms with Gasteiger partial charge in [-0.25, -0.2) is 0 Å². The highest BCUT2D eigenvalue weighted by Gasteiger charge is 2.11. The first-order chi connectivity index (χ1) is 9.42. The van der Waals surface area contributed by atoms with Gasteiger partial charge in [0.25, 0.3) is 0 Å². The molecule has 0 atom stereocenters. The van der Waals surface area contributed by atoms with Crippen LogP contribution in [0.1, 0.15) is 25.3 Å². The molecular formula is C15H22N2O3. The van der Waals surface area contributed by atoms with Gasteiger partial charge in [0.2, 0.25) is 5.91 Å². The molecule has 0 spiro atoms.